The highest BCUT2D eigenvalue weighted by Crippen LogP contribution is 2.12. The Bertz CT molecular complexity index is 735. The zero-order valence-corrected chi connectivity index (χ0v) is 12.0. The summed E-state index contributed by atoms with van der Waals surface area (Å²) in [5.74, 6) is -0.953. The molecular weight excluding hydrogens is 298 g/mol. The summed E-state index contributed by atoms with van der Waals surface area (Å²) >= 11 is 0. The van der Waals surface area contributed by atoms with Crippen molar-refractivity contribution in [3.63, 3.8) is 0 Å². The van der Waals surface area contributed by atoms with Crippen LogP contribution in [0.1, 0.15) is 15.9 Å². The van der Waals surface area contributed by atoms with Crippen LogP contribution in [0.5, 0.6) is 0 Å². The van der Waals surface area contributed by atoms with E-state index in [0.717, 1.165) is 12.2 Å². The summed E-state index contributed by atoms with van der Waals surface area (Å²) < 4.78 is 4.97. The van der Waals surface area contributed by atoms with Gasteiger partial charge in [0.1, 0.15) is 6.61 Å². The molecule has 0 saturated heterocycles. The molecule has 2 aromatic carbocycles. The van der Waals surface area contributed by atoms with E-state index in [0.29, 0.717) is 11.1 Å². The Hall–Kier alpha value is -3.28. The Morgan fingerprint density at radius 3 is 2.26 bits per heavy atom. The number of ether oxygens (including phenoxy) is 1. The molecule has 0 spiro atoms. The third kappa shape index (κ3) is 4.89. The quantitative estimate of drug-likeness (QED) is 0.269. The summed E-state index contributed by atoms with van der Waals surface area (Å²) in [7, 11) is 0. The van der Waals surface area contributed by atoms with Crippen molar-refractivity contribution in [3.05, 3.63) is 88.0 Å². The van der Waals surface area contributed by atoms with Gasteiger partial charge in [-0.1, -0.05) is 30.3 Å². The minimum atomic E-state index is -0.660. The van der Waals surface area contributed by atoms with Crippen LogP contribution in [-0.4, -0.2) is 16.7 Å². The normalized spacial score (nSPS) is 10.4. The van der Waals surface area contributed by atoms with E-state index in [1.54, 1.807) is 30.3 Å². The van der Waals surface area contributed by atoms with Gasteiger partial charge in [0.25, 0.3) is 5.69 Å². The molecule has 0 aliphatic heterocycles. The summed E-state index contributed by atoms with van der Waals surface area (Å²) in [6.45, 7) is -0.0271. The molecule has 0 fully saturated rings. The molecule has 2 aromatic rings. The lowest BCUT2D eigenvalue weighted by Crippen LogP contribution is -2.02. The van der Waals surface area contributed by atoms with Gasteiger partial charge in [-0.3, -0.25) is 14.9 Å². The maximum atomic E-state index is 11.8. The van der Waals surface area contributed by atoms with Gasteiger partial charge in [-0.25, -0.2) is 4.79 Å². The molecule has 0 amide bonds. The van der Waals surface area contributed by atoms with Gasteiger partial charge in [0, 0.05) is 23.8 Å². The van der Waals surface area contributed by atoms with Crippen LogP contribution in [0.2, 0.25) is 0 Å². The first kappa shape index (κ1) is 16.1. The Labute approximate surface area is 132 Å². The molecule has 6 heteroatoms. The van der Waals surface area contributed by atoms with Gasteiger partial charge in [-0.05, 0) is 23.8 Å². The van der Waals surface area contributed by atoms with E-state index < -0.39 is 10.9 Å². The fraction of sp³-hybridized carbons (Fsp3) is 0.0588. The van der Waals surface area contributed by atoms with E-state index >= 15 is 0 Å². The average Bonchev–Trinajstić information content (AvgIpc) is 2.59. The number of hydrogen-bond donors (Lipinski definition) is 0. The second-order valence-corrected chi connectivity index (χ2v) is 4.59. The van der Waals surface area contributed by atoms with Crippen LogP contribution in [0.15, 0.2) is 66.7 Å². The van der Waals surface area contributed by atoms with Crippen molar-refractivity contribution in [2.75, 3.05) is 0 Å². The van der Waals surface area contributed by atoms with Crippen molar-refractivity contribution in [2.45, 2.75) is 6.61 Å². The standard InChI is InChI=1S/C17H13NO5/c19-16(14-4-2-1-3-5-14)10-11-17(20)23-12-13-6-8-15(9-7-13)18(21)22/h1-11H,12H2/b11-10+. The number of hydrogen-bond acceptors (Lipinski definition) is 5. The minimum Gasteiger partial charge on any atom is -0.458 e. The number of ketones is 1. The van der Waals surface area contributed by atoms with Crippen LogP contribution in [0, 0.1) is 10.1 Å². The molecule has 0 atom stereocenters. The third-order valence-electron chi connectivity index (χ3n) is 2.96. The van der Waals surface area contributed by atoms with E-state index in [9.17, 15) is 19.7 Å². The van der Waals surface area contributed by atoms with Gasteiger partial charge in [0.2, 0.25) is 0 Å². The molecule has 0 unspecified atom stereocenters. The molecule has 0 aromatic heterocycles. The molecule has 0 radical (unpaired) electrons. The van der Waals surface area contributed by atoms with Crippen LogP contribution in [0.4, 0.5) is 5.69 Å². The Kier molecular flexibility index (Phi) is 5.35. The van der Waals surface area contributed by atoms with Crippen LogP contribution in [-0.2, 0) is 16.1 Å². The highest BCUT2D eigenvalue weighted by atomic mass is 16.6. The van der Waals surface area contributed by atoms with Gasteiger partial charge in [0.15, 0.2) is 5.78 Å². The fourth-order valence-electron chi connectivity index (χ4n) is 1.76. The molecule has 2 rings (SSSR count). The topological polar surface area (TPSA) is 86.5 Å². The number of carbonyl (C=O) groups is 2. The van der Waals surface area contributed by atoms with E-state index in [1.807, 2.05) is 0 Å². The van der Waals surface area contributed by atoms with Gasteiger partial charge >= 0.3 is 5.97 Å². The summed E-state index contributed by atoms with van der Waals surface area (Å²) in [4.78, 5) is 33.3. The highest BCUT2D eigenvalue weighted by Gasteiger charge is 2.06. The van der Waals surface area contributed by atoms with Gasteiger partial charge in [0.05, 0.1) is 4.92 Å². The Balaban J connectivity index is 1.86. The molecule has 0 aliphatic rings. The Morgan fingerprint density at radius 2 is 1.65 bits per heavy atom. The van der Waals surface area contributed by atoms with Crippen molar-refractivity contribution >= 4 is 17.4 Å². The zero-order valence-electron chi connectivity index (χ0n) is 12.0. The van der Waals surface area contributed by atoms with E-state index in [-0.39, 0.29) is 18.1 Å². The second-order valence-electron chi connectivity index (χ2n) is 4.59. The second kappa shape index (κ2) is 7.65. The number of allylic oxidation sites excluding steroid dienone is 1. The minimum absolute atomic E-state index is 0.0271. The lowest BCUT2D eigenvalue weighted by Gasteiger charge is -2.02. The number of nitro groups is 1. The van der Waals surface area contributed by atoms with Crippen LogP contribution in [0.25, 0.3) is 0 Å². The lowest BCUT2D eigenvalue weighted by atomic mass is 10.1. The molecule has 0 N–H and O–H groups in total. The molecule has 0 aliphatic carbocycles. The highest BCUT2D eigenvalue weighted by molar-refractivity contribution is 6.06. The van der Waals surface area contributed by atoms with Crippen molar-refractivity contribution in [1.82, 2.24) is 0 Å². The molecule has 0 saturated carbocycles. The van der Waals surface area contributed by atoms with Crippen LogP contribution >= 0.6 is 0 Å². The summed E-state index contributed by atoms with van der Waals surface area (Å²) in [6.07, 6.45) is 2.20. The molecular formula is C17H13NO5. The summed E-state index contributed by atoms with van der Waals surface area (Å²) in [5, 5.41) is 10.5. The van der Waals surface area contributed by atoms with E-state index in [2.05, 4.69) is 0 Å². The van der Waals surface area contributed by atoms with Crippen molar-refractivity contribution in [3.8, 4) is 0 Å². The smallest absolute Gasteiger partial charge is 0.331 e. The van der Waals surface area contributed by atoms with Gasteiger partial charge < -0.3 is 4.74 Å². The fourth-order valence-corrected chi connectivity index (χ4v) is 1.76. The van der Waals surface area contributed by atoms with Crippen molar-refractivity contribution < 1.29 is 19.2 Å². The molecule has 0 heterocycles. The van der Waals surface area contributed by atoms with Gasteiger partial charge in [-0.15, -0.1) is 0 Å². The largest absolute Gasteiger partial charge is 0.458 e. The lowest BCUT2D eigenvalue weighted by molar-refractivity contribution is -0.384. The first-order chi connectivity index (χ1) is 11.1. The number of rotatable bonds is 6. The monoisotopic (exact) mass is 311 g/mol. The molecule has 23 heavy (non-hydrogen) atoms. The Morgan fingerprint density at radius 1 is 1.00 bits per heavy atom. The SMILES string of the molecule is O=C(/C=C/C(=O)c1ccccc1)OCc1ccc([N+](=O)[O-])cc1. The zero-order chi connectivity index (χ0) is 16.7. The first-order valence-electron chi connectivity index (χ1n) is 6.74. The van der Waals surface area contributed by atoms with Crippen LogP contribution < -0.4 is 0 Å². The molecule has 0 bridgehead atoms. The predicted octanol–water partition coefficient (Wildman–Crippen LogP) is 3.08. The third-order valence-corrected chi connectivity index (χ3v) is 2.96. The average molecular weight is 311 g/mol. The summed E-state index contributed by atoms with van der Waals surface area (Å²) in [6, 6.07) is 14.2. The van der Waals surface area contributed by atoms with Gasteiger partial charge in [-0.2, -0.15) is 0 Å². The van der Waals surface area contributed by atoms with E-state index in [4.69, 9.17) is 4.74 Å². The predicted molar refractivity (Wildman–Crippen MR) is 82.8 cm³/mol. The number of non-ortho nitro benzene ring substituents is 1. The number of esters is 1. The summed E-state index contributed by atoms with van der Waals surface area (Å²) in [5.41, 5.74) is 1.06. The first-order valence-corrected chi connectivity index (χ1v) is 6.74. The van der Waals surface area contributed by atoms with Crippen molar-refractivity contribution in [1.29, 1.82) is 0 Å². The maximum Gasteiger partial charge on any atom is 0.331 e. The maximum absolute atomic E-state index is 11.8. The number of nitro benzene ring substituents is 1. The van der Waals surface area contributed by atoms with Crippen molar-refractivity contribution in [2.24, 2.45) is 0 Å². The number of nitrogens with zero attached hydrogens (tertiary/aromatic N) is 1. The molecule has 6 nitrogen and oxygen atoms in total. The molecule has 116 valence electrons. The van der Waals surface area contributed by atoms with E-state index in [1.165, 1.54) is 24.3 Å². The number of benzene rings is 2. The van der Waals surface area contributed by atoms with Crippen LogP contribution in [0.3, 0.4) is 0 Å². The number of carbonyl (C=O) groups excluding carboxylic acids is 2.